The van der Waals surface area contributed by atoms with Crippen molar-refractivity contribution in [3.8, 4) is 0 Å². The zero-order valence-electron chi connectivity index (χ0n) is 24.1. The van der Waals surface area contributed by atoms with E-state index in [2.05, 4.69) is 14.8 Å². The lowest BCUT2D eigenvalue weighted by Gasteiger charge is -2.35. The molecule has 1 aromatic heterocycles. The highest BCUT2D eigenvalue weighted by atomic mass is 19.1. The number of halogens is 1. The molecule has 1 saturated heterocycles. The van der Waals surface area contributed by atoms with Gasteiger partial charge in [0.2, 0.25) is 5.91 Å². The van der Waals surface area contributed by atoms with Crippen LogP contribution in [-0.2, 0) is 29.0 Å². The second kappa shape index (κ2) is 12.1. The van der Waals surface area contributed by atoms with Crippen molar-refractivity contribution in [2.45, 2.75) is 44.7 Å². The number of pyridine rings is 1. The maximum absolute atomic E-state index is 15.2. The Kier molecular flexibility index (Phi) is 8.05. The van der Waals surface area contributed by atoms with Gasteiger partial charge in [-0.1, -0.05) is 24.3 Å². The number of nitrogens with zero attached hydrogens (tertiary/aromatic N) is 4. The van der Waals surface area contributed by atoms with Gasteiger partial charge < -0.3 is 10.6 Å². The smallest absolute Gasteiger partial charge is 0.262 e. The maximum atomic E-state index is 15.2. The van der Waals surface area contributed by atoms with Crippen LogP contribution in [0.5, 0.6) is 0 Å². The third-order valence-corrected chi connectivity index (χ3v) is 8.71. The lowest BCUT2D eigenvalue weighted by molar-refractivity contribution is -0.132. The second-order valence-corrected chi connectivity index (χ2v) is 11.5. The third kappa shape index (κ3) is 5.74. The van der Waals surface area contributed by atoms with E-state index in [9.17, 15) is 24.0 Å². The predicted octanol–water partition coefficient (Wildman–Crippen LogP) is 2.71. The second-order valence-electron chi connectivity index (χ2n) is 11.5. The Labute approximate surface area is 253 Å². The number of rotatable bonds is 8. The quantitative estimate of drug-likeness (QED) is 0.310. The van der Waals surface area contributed by atoms with Gasteiger partial charge in [-0.3, -0.25) is 33.8 Å². The van der Waals surface area contributed by atoms with Crippen molar-refractivity contribution in [1.82, 2.24) is 14.8 Å². The van der Waals surface area contributed by atoms with Crippen molar-refractivity contribution in [3.63, 3.8) is 0 Å². The first kappa shape index (κ1) is 29.3. The Morgan fingerprint density at radius 3 is 2.41 bits per heavy atom. The average molecular weight is 598 g/mol. The first-order chi connectivity index (χ1) is 21.2. The number of aryl methyl sites for hydroxylation is 2. The largest absolute Gasteiger partial charge is 0.366 e. The van der Waals surface area contributed by atoms with Gasteiger partial charge in [-0.25, -0.2) is 9.37 Å². The van der Waals surface area contributed by atoms with Gasteiger partial charge >= 0.3 is 0 Å². The van der Waals surface area contributed by atoms with Crippen molar-refractivity contribution in [3.05, 3.63) is 93.9 Å². The molecule has 1 atom stereocenters. The van der Waals surface area contributed by atoms with Crippen LogP contribution in [0.15, 0.2) is 54.7 Å². The molecular weight excluding hydrogens is 565 g/mol. The molecule has 3 amide bonds. The van der Waals surface area contributed by atoms with E-state index < -0.39 is 29.5 Å². The van der Waals surface area contributed by atoms with E-state index in [0.29, 0.717) is 36.1 Å². The maximum Gasteiger partial charge on any atom is 0.262 e. The van der Waals surface area contributed by atoms with Crippen molar-refractivity contribution < 1.29 is 28.4 Å². The zero-order valence-corrected chi connectivity index (χ0v) is 24.1. The number of ketones is 2. The summed E-state index contributed by atoms with van der Waals surface area (Å²) in [6.45, 7) is 3.36. The Balaban J connectivity index is 1.06. The van der Waals surface area contributed by atoms with Crippen molar-refractivity contribution in [1.29, 1.82) is 0 Å². The molecular formula is C33H32FN5O5. The van der Waals surface area contributed by atoms with Gasteiger partial charge in [0.05, 0.1) is 29.2 Å². The van der Waals surface area contributed by atoms with Crippen LogP contribution in [0, 0.1) is 5.82 Å². The van der Waals surface area contributed by atoms with Gasteiger partial charge in [0.15, 0.2) is 5.78 Å². The molecule has 10 nitrogen and oxygen atoms in total. The fourth-order valence-corrected chi connectivity index (χ4v) is 6.25. The molecule has 1 saturated carbocycles. The van der Waals surface area contributed by atoms with Gasteiger partial charge in [-0.2, -0.15) is 0 Å². The van der Waals surface area contributed by atoms with E-state index in [1.165, 1.54) is 12.3 Å². The average Bonchev–Trinajstić information content (AvgIpc) is 3.27. The molecule has 2 aromatic carbocycles. The lowest BCUT2D eigenvalue weighted by atomic mass is 9.92. The van der Waals surface area contributed by atoms with Gasteiger partial charge in [0.1, 0.15) is 17.4 Å². The highest BCUT2D eigenvalue weighted by Crippen LogP contribution is 2.32. The summed E-state index contributed by atoms with van der Waals surface area (Å²) in [5, 5.41) is 0. The van der Waals surface area contributed by atoms with Crippen molar-refractivity contribution in [2.75, 3.05) is 31.1 Å². The number of benzene rings is 2. The monoisotopic (exact) mass is 597 g/mol. The van der Waals surface area contributed by atoms with Crippen LogP contribution in [0.4, 0.5) is 10.2 Å². The number of anilines is 1. The lowest BCUT2D eigenvalue weighted by Crippen LogP contribution is -2.47. The molecule has 1 aliphatic carbocycles. The molecule has 2 N–H and O–H groups in total. The highest BCUT2D eigenvalue weighted by Gasteiger charge is 2.45. The predicted molar refractivity (Wildman–Crippen MR) is 159 cm³/mol. The number of amides is 3. The molecule has 0 spiro atoms. The van der Waals surface area contributed by atoms with Gasteiger partial charge in [0, 0.05) is 50.9 Å². The summed E-state index contributed by atoms with van der Waals surface area (Å²) in [6, 6.07) is 12.8. The van der Waals surface area contributed by atoms with Crippen molar-refractivity contribution >= 4 is 35.1 Å². The van der Waals surface area contributed by atoms with E-state index in [0.717, 1.165) is 42.5 Å². The Morgan fingerprint density at radius 2 is 1.73 bits per heavy atom. The summed E-state index contributed by atoms with van der Waals surface area (Å²) >= 11 is 0. The number of fused-ring (bicyclic) bond motifs is 1. The molecule has 3 aliphatic rings. The molecule has 44 heavy (non-hydrogen) atoms. The van der Waals surface area contributed by atoms with E-state index in [-0.39, 0.29) is 42.0 Å². The third-order valence-electron chi connectivity index (χ3n) is 8.71. The van der Waals surface area contributed by atoms with Crippen LogP contribution in [0.2, 0.25) is 0 Å². The van der Waals surface area contributed by atoms with E-state index in [1.807, 2.05) is 6.07 Å². The minimum atomic E-state index is -0.913. The van der Waals surface area contributed by atoms with Gasteiger partial charge in [0.25, 0.3) is 11.8 Å². The van der Waals surface area contributed by atoms with Gasteiger partial charge in [-0.05, 0) is 54.7 Å². The molecule has 3 aromatic rings. The van der Waals surface area contributed by atoms with Crippen LogP contribution in [-0.4, -0.2) is 76.3 Å². The molecule has 3 heterocycles. The van der Waals surface area contributed by atoms with Crippen molar-refractivity contribution in [2.24, 2.45) is 5.73 Å². The summed E-state index contributed by atoms with van der Waals surface area (Å²) in [5.74, 6) is -1.63. The molecule has 226 valence electrons. The summed E-state index contributed by atoms with van der Waals surface area (Å²) in [6.07, 6.45) is 2.42. The van der Waals surface area contributed by atoms with Crippen LogP contribution in [0.1, 0.15) is 67.0 Å². The minimum absolute atomic E-state index is 0.156. The molecule has 6 rings (SSSR count). The number of nitrogens with two attached hydrogens (primary N) is 1. The zero-order chi connectivity index (χ0) is 31.0. The Morgan fingerprint density at radius 1 is 0.932 bits per heavy atom. The molecule has 0 radical (unpaired) electrons. The van der Waals surface area contributed by atoms with Crippen LogP contribution < -0.4 is 10.6 Å². The topological polar surface area (TPSA) is 134 Å². The van der Waals surface area contributed by atoms with E-state index in [1.54, 1.807) is 36.4 Å². The number of carbonyl (C=O) groups excluding carboxylic acids is 5. The first-order valence-electron chi connectivity index (χ1n) is 14.7. The molecule has 1 unspecified atom stereocenters. The van der Waals surface area contributed by atoms with Gasteiger partial charge in [-0.15, -0.1) is 0 Å². The highest BCUT2D eigenvalue weighted by molar-refractivity contribution is 6.24. The standard InChI is InChI=1S/C33H32FN5O5/c34-26-16-20(5-7-23(26)19-37-12-14-38(15-13-37)29-11-8-22(18-36-29)31(35)42)4-6-21-2-1-3-25-30(21)33(44)39(32(25)43)27-10-9-24(40)17-28(27)41/h1-3,5,7-8,11,16,18,27H,4,6,9-10,12-15,17,19H2,(H2,35,42). The number of Topliss-reactive ketones (excluding diaryl/α,β-unsaturated/α-hetero) is 2. The number of hydrogen-bond acceptors (Lipinski definition) is 8. The molecule has 0 bridgehead atoms. The van der Waals surface area contributed by atoms with Crippen LogP contribution in [0.3, 0.4) is 0 Å². The number of primary amides is 1. The van der Waals surface area contributed by atoms with E-state index in [4.69, 9.17) is 5.73 Å². The SMILES string of the molecule is NC(=O)c1ccc(N2CCN(Cc3ccc(CCc4cccc5c4C(=O)N(C4CCC(=O)CC4=O)C5=O)cc3F)CC2)nc1. The van der Waals surface area contributed by atoms with Crippen LogP contribution >= 0.6 is 0 Å². The normalized spacial score (nSPS) is 19.1. The number of imide groups is 1. The van der Waals surface area contributed by atoms with Crippen LogP contribution in [0.25, 0.3) is 0 Å². The number of aromatic nitrogens is 1. The Bertz CT molecular complexity index is 1670. The Hall–Kier alpha value is -4.77. The number of hydrogen-bond donors (Lipinski definition) is 1. The fraction of sp³-hybridized carbons (Fsp3) is 0.333. The summed E-state index contributed by atoms with van der Waals surface area (Å²) < 4.78 is 15.2. The summed E-state index contributed by atoms with van der Waals surface area (Å²) in [5.41, 5.74) is 8.24. The summed E-state index contributed by atoms with van der Waals surface area (Å²) in [4.78, 5) is 71.6. The summed E-state index contributed by atoms with van der Waals surface area (Å²) in [7, 11) is 0. The molecule has 2 fully saturated rings. The molecule has 2 aliphatic heterocycles. The minimum Gasteiger partial charge on any atom is -0.366 e. The number of piperazine rings is 1. The van der Waals surface area contributed by atoms with E-state index >= 15 is 4.39 Å². The number of carbonyl (C=O) groups is 5. The molecule has 11 heteroatoms. The first-order valence-corrected chi connectivity index (χ1v) is 14.7. The fourth-order valence-electron chi connectivity index (χ4n) is 6.25.